The number of nitrogen functional groups attached to an aromatic ring is 3. The van der Waals surface area contributed by atoms with Gasteiger partial charge in [-0.25, -0.2) is 58.0 Å². The van der Waals surface area contributed by atoms with Gasteiger partial charge in [0.25, 0.3) is 6.47 Å². The van der Waals surface area contributed by atoms with Crippen molar-refractivity contribution in [2.45, 2.75) is 44.6 Å². The Hall–Kier alpha value is -11.6. The first kappa shape index (κ1) is 98.5. The number of allylic oxidation sites excluding steroid dienone is 4. The Labute approximate surface area is 842 Å². The smallest absolute Gasteiger partial charge is 1.00 e. The van der Waals surface area contributed by atoms with Gasteiger partial charge >= 0.3 is 120 Å². The summed E-state index contributed by atoms with van der Waals surface area (Å²) in [5, 5.41) is 12.3. The molecule has 17 rings (SSSR count). The Morgan fingerprint density at radius 2 is 0.781 bits per heavy atom. The van der Waals surface area contributed by atoms with Crippen molar-refractivity contribution in [1.29, 1.82) is 0 Å². The fourth-order valence-corrected chi connectivity index (χ4v) is 13.1. The van der Waals surface area contributed by atoms with Crippen LogP contribution in [0.2, 0.25) is 0 Å². The summed E-state index contributed by atoms with van der Waals surface area (Å²) >= 11 is 11.3. The van der Waals surface area contributed by atoms with Crippen molar-refractivity contribution in [2.24, 2.45) is 11.7 Å². The molecule has 0 radical (unpaired) electrons. The number of nitrogens with one attached hydrogen (secondary N) is 1. The monoisotopic (exact) mass is 1920 g/mol. The van der Waals surface area contributed by atoms with Crippen molar-refractivity contribution in [2.75, 3.05) is 64.1 Å². The van der Waals surface area contributed by atoms with Crippen molar-refractivity contribution in [3.05, 3.63) is 323 Å². The molecule has 128 heavy (non-hydrogen) atoms. The molecule has 2 fully saturated rings. The Kier molecular flexibility index (Phi) is 37.4. The van der Waals surface area contributed by atoms with Gasteiger partial charge in [-0.15, -0.1) is 0 Å². The standard InChI is InChI=1S/C32H30N6O3.C28H23BrN6O3.C24H20N6O2.C4H4BrClO.C3H7N.CH2O3.2K.H/c1-36(28(39)13-6-5-8-22-14-15-22)24-9-7-10-25(20-24)38-31-29(30(33)34-21-35-31)37(32(38)40)23-16-18-27(19-17-23)41-26-11-3-2-4-12-26;1-33(24(36)11-6-16-29)20-7-5-8-21(17-20)35-27-25(26(30)31-18-32-27)34(28(35)37)19-12-14-23(15-13-19)38-22-9-3-2-4-10-22;1-26-16-6-5-7-18(14-16)30-23-21(22(25)27-15-28-23)29(24(30)31)17-10-12-20(13-11-17)32-19-8-3-2-4-9-19;5-3-1-2-4(6)7;4-3-1-2-3;2-1-4-3;;;/h2-4,6-7,9-13,16-22H,5,8,14-15H2,1H3,(H2,33,34,35);2-15,17-18H,16H2,1H3,(H2,30,31,32);2-15,26H,1H3,(H2,25,27,28);1-2H,3H2;3H,1-2,4H2;1,3H;;;/q;;;;;;2*+1;-1/p-1/b13-6+;11-6+;;2-1+;;;;;. The summed E-state index contributed by atoms with van der Waals surface area (Å²) in [5.41, 5.74) is 30.9. The van der Waals surface area contributed by atoms with E-state index >= 15 is 0 Å². The molecule has 2 amide bonds. The van der Waals surface area contributed by atoms with Gasteiger partial charge in [-0.2, -0.15) is 0 Å². The molecular formula is C92H86Br2ClK2N19O12. The molecule has 0 bridgehead atoms. The van der Waals surface area contributed by atoms with Gasteiger partial charge in [0, 0.05) is 61.0 Å². The third-order valence-corrected chi connectivity index (χ3v) is 20.1. The molecule has 2 aliphatic rings. The molecule has 6 heterocycles. The molecule has 2 aliphatic carbocycles. The van der Waals surface area contributed by atoms with Crippen LogP contribution in [0.1, 0.15) is 40.0 Å². The number of rotatable bonds is 24. The summed E-state index contributed by atoms with van der Waals surface area (Å²) in [6.07, 6.45) is 20.9. The van der Waals surface area contributed by atoms with Crippen LogP contribution in [0.25, 0.3) is 67.6 Å². The number of aromatic nitrogens is 12. The predicted octanol–water partition coefficient (Wildman–Crippen LogP) is 8.87. The second-order valence-electron chi connectivity index (χ2n) is 27.9. The van der Waals surface area contributed by atoms with Crippen molar-refractivity contribution >= 4 is 135 Å². The maximum atomic E-state index is 13.9. The van der Waals surface area contributed by atoms with Gasteiger partial charge in [-0.3, -0.25) is 32.9 Å². The second kappa shape index (κ2) is 48.5. The molecule has 36 heteroatoms. The number of benzene rings is 9. The first-order valence-corrected chi connectivity index (χ1v) is 41.9. The number of nitrogens with zero attached hydrogens (tertiary/aromatic N) is 14. The van der Waals surface area contributed by atoms with Gasteiger partial charge in [-0.1, -0.05) is 136 Å². The van der Waals surface area contributed by atoms with Crippen molar-refractivity contribution in [3.63, 3.8) is 0 Å². The van der Waals surface area contributed by atoms with Gasteiger partial charge in [0.15, 0.2) is 34.4 Å². The number of ether oxygens (including phenoxy) is 3. The zero-order chi connectivity index (χ0) is 89.2. The molecule has 9 aromatic carbocycles. The molecule has 2 saturated carbocycles. The molecule has 0 unspecified atom stereocenters. The van der Waals surface area contributed by atoms with Crippen LogP contribution in [0.15, 0.2) is 306 Å². The Balaban J connectivity index is 0.000000200. The Bertz CT molecular complexity index is 6590. The van der Waals surface area contributed by atoms with Crippen molar-refractivity contribution in [3.8, 4) is 68.6 Å². The second-order valence-corrected chi connectivity index (χ2v) is 29.6. The first-order valence-electron chi connectivity index (χ1n) is 39.3. The minimum absolute atomic E-state index is 0. The largest absolute Gasteiger partial charge is 1.00 e. The van der Waals surface area contributed by atoms with Crippen LogP contribution in [-0.4, -0.2) is 119 Å². The number of carbonyl (C=O) groups excluding carboxylic acids is 4. The zero-order valence-electron chi connectivity index (χ0n) is 71.2. The number of amides is 2. The van der Waals surface area contributed by atoms with Crippen LogP contribution in [0, 0.1) is 5.92 Å². The molecular weight excluding hydrogens is 1840 g/mol. The third kappa shape index (κ3) is 25.9. The molecule has 644 valence electrons. The number of likely N-dealkylation sites (N-methyl/N-ethyl adjacent to an activating group) is 2. The van der Waals surface area contributed by atoms with Gasteiger partial charge < -0.3 is 63.8 Å². The number of hydrogen-bond acceptors (Lipinski definition) is 23. The average Bonchev–Trinajstić information content (AvgIpc) is 1.60. The van der Waals surface area contributed by atoms with E-state index in [1.165, 1.54) is 89.1 Å². The number of fused-ring (bicyclic) bond motifs is 3. The topological polar surface area (TPSA) is 409 Å². The van der Waals surface area contributed by atoms with Crippen LogP contribution in [0.5, 0.6) is 34.5 Å². The summed E-state index contributed by atoms with van der Waals surface area (Å²) < 4.78 is 26.6. The number of nitrogens with two attached hydrogens (primary N) is 4. The molecule has 6 aromatic heterocycles. The molecule has 0 spiro atoms. The van der Waals surface area contributed by atoms with Gasteiger partial charge in [0.1, 0.15) is 70.0 Å². The van der Waals surface area contributed by atoms with Crippen LogP contribution >= 0.6 is 43.5 Å². The van der Waals surface area contributed by atoms with Gasteiger partial charge in [0.05, 0.1) is 34.1 Å². The van der Waals surface area contributed by atoms with E-state index in [1.807, 2.05) is 134 Å². The summed E-state index contributed by atoms with van der Waals surface area (Å²) in [6.45, 7) is -0.181. The summed E-state index contributed by atoms with van der Waals surface area (Å²) in [4.78, 5) is 116. The normalized spacial score (nSPS) is 11.8. The summed E-state index contributed by atoms with van der Waals surface area (Å²) in [5.74, 6) is 5.12. The molecule has 0 saturated heterocycles. The number of halogens is 3. The predicted molar refractivity (Wildman–Crippen MR) is 496 cm³/mol. The molecule has 31 nitrogen and oxygen atoms in total. The Morgan fingerprint density at radius 3 is 1.09 bits per heavy atom. The maximum Gasteiger partial charge on any atom is 1.00 e. The Morgan fingerprint density at radius 1 is 0.461 bits per heavy atom. The molecule has 0 aliphatic heterocycles. The minimum Gasteiger partial charge on any atom is -1.00 e. The molecule has 15 aromatic rings. The average molecular weight is 1920 g/mol. The quantitative estimate of drug-likeness (QED) is 0.00716. The number of alkyl halides is 2. The van der Waals surface area contributed by atoms with E-state index in [0.29, 0.717) is 124 Å². The first-order chi connectivity index (χ1) is 61.2. The number of hydrogen-bond donors (Lipinski definition) is 5. The van der Waals surface area contributed by atoms with E-state index in [1.54, 1.807) is 152 Å². The molecule has 9 N–H and O–H groups in total. The summed E-state index contributed by atoms with van der Waals surface area (Å²) in [6, 6.07) is 72.3. The van der Waals surface area contributed by atoms with E-state index in [0.717, 1.165) is 30.2 Å². The van der Waals surface area contributed by atoms with E-state index in [-0.39, 0.29) is 157 Å². The zero-order valence-corrected chi connectivity index (χ0v) is 80.4. The van der Waals surface area contributed by atoms with E-state index in [2.05, 4.69) is 72.0 Å². The van der Waals surface area contributed by atoms with Crippen molar-refractivity contribution in [1.82, 2.24) is 57.3 Å². The number of imidazole rings is 3. The van der Waals surface area contributed by atoms with E-state index < -0.39 is 5.24 Å². The van der Waals surface area contributed by atoms with E-state index in [4.69, 9.17) is 58.8 Å². The van der Waals surface area contributed by atoms with Gasteiger partial charge in [-0.05, 0) is 219 Å². The number of anilines is 6. The summed E-state index contributed by atoms with van der Waals surface area (Å²) in [7, 11) is 5.22. The molecule has 0 atom stereocenters. The fraction of sp³-hybridized carbons (Fsp3) is 0.141. The van der Waals surface area contributed by atoms with Crippen LogP contribution < -0.4 is 177 Å². The number of carbonyl (C=O) groups is 4. The maximum absolute atomic E-state index is 13.9. The third-order valence-electron chi connectivity index (χ3n) is 19.2. The van der Waals surface area contributed by atoms with Crippen molar-refractivity contribution < 1.29 is 148 Å². The number of para-hydroxylation sites is 3. The SMILES string of the molecule is CN(C(=O)/C=C/CBr)c1cccc(-n2c(=O)n(-c3ccc(Oc4ccccc4)cc3)c3c(N)ncnc32)c1.CN(C(=O)/C=C/CCC1CC1)c1cccc(-n2c(=O)n(-c3ccc(Oc4ccccc4)cc3)c3c(N)ncnc32)c1.CNc1cccc(-n2c(=O)n(-c3ccc(Oc4ccccc4)cc3)c3c(N)ncnc32)c1.NC1CC1.O=C(Cl)/C=C/CBr.O=CO[O-].[H-].[K+].[K+]. The van der Waals surface area contributed by atoms with Gasteiger partial charge in [0.2, 0.25) is 17.1 Å². The van der Waals surface area contributed by atoms with Crippen LogP contribution in [-0.2, 0) is 24.1 Å². The van der Waals surface area contributed by atoms with Crippen LogP contribution in [0.3, 0.4) is 0 Å². The minimum atomic E-state index is -0.431. The fourth-order valence-electron chi connectivity index (χ4n) is 12.7. The van der Waals surface area contributed by atoms with Crippen LogP contribution in [0.4, 0.5) is 34.5 Å². The van der Waals surface area contributed by atoms with E-state index in [9.17, 15) is 28.8 Å².